The molecule has 1 aromatic carbocycles. The van der Waals surface area contributed by atoms with Gasteiger partial charge in [0.1, 0.15) is 13.3 Å². The maximum absolute atomic E-state index is 12.4. The van der Waals surface area contributed by atoms with Gasteiger partial charge in [0.2, 0.25) is 0 Å². The molecule has 0 aromatic heterocycles. The first kappa shape index (κ1) is 14.4. The van der Waals surface area contributed by atoms with Crippen molar-refractivity contribution in [2.45, 2.75) is 12.8 Å². The summed E-state index contributed by atoms with van der Waals surface area (Å²) in [5, 5.41) is 8.61. The first-order chi connectivity index (χ1) is 8.67. The smallest absolute Gasteiger partial charge is 0.303 e. The predicted molar refractivity (Wildman–Crippen MR) is 66.6 cm³/mol. The van der Waals surface area contributed by atoms with Crippen molar-refractivity contribution in [3.63, 3.8) is 0 Å². The highest BCUT2D eigenvalue weighted by Gasteiger charge is 2.07. The van der Waals surface area contributed by atoms with Crippen LogP contribution in [0.2, 0.25) is 0 Å². The van der Waals surface area contributed by atoms with Crippen LogP contribution in [0.1, 0.15) is 12.0 Å². The quantitative estimate of drug-likeness (QED) is 0.777. The van der Waals surface area contributed by atoms with E-state index in [2.05, 4.69) is 0 Å². The molecule has 0 saturated heterocycles. The average Bonchev–Trinajstić information content (AvgIpc) is 2.36. The number of alkyl halides is 2. The molecule has 0 spiro atoms. The molecule has 3 nitrogen and oxygen atoms in total. The van der Waals surface area contributed by atoms with E-state index in [0.717, 1.165) is 11.3 Å². The molecular weight excluding hydrogens is 240 g/mol. The summed E-state index contributed by atoms with van der Waals surface area (Å²) in [7, 11) is 0. The van der Waals surface area contributed by atoms with E-state index in [4.69, 9.17) is 5.11 Å². The van der Waals surface area contributed by atoms with Gasteiger partial charge in [-0.05, 0) is 24.1 Å². The molecular formula is C13H17F2NO2. The fourth-order valence-electron chi connectivity index (χ4n) is 1.73. The third-order valence-electron chi connectivity index (χ3n) is 2.61. The Balaban J connectivity index is 2.74. The van der Waals surface area contributed by atoms with Crippen LogP contribution in [-0.2, 0) is 11.2 Å². The van der Waals surface area contributed by atoms with E-state index < -0.39 is 19.3 Å². The number of carboxylic acid groups (broad SMARTS) is 1. The summed E-state index contributed by atoms with van der Waals surface area (Å²) in [6.45, 7) is -0.794. The van der Waals surface area contributed by atoms with Crippen LogP contribution in [0, 0.1) is 0 Å². The van der Waals surface area contributed by atoms with Crippen molar-refractivity contribution in [2.24, 2.45) is 0 Å². The Morgan fingerprint density at radius 2 is 1.89 bits per heavy atom. The third-order valence-corrected chi connectivity index (χ3v) is 2.61. The lowest BCUT2D eigenvalue weighted by Gasteiger charge is -2.22. The van der Waals surface area contributed by atoms with E-state index in [1.54, 1.807) is 23.1 Å². The van der Waals surface area contributed by atoms with Gasteiger partial charge in [-0.25, -0.2) is 8.78 Å². The van der Waals surface area contributed by atoms with Crippen molar-refractivity contribution in [2.75, 3.05) is 31.3 Å². The van der Waals surface area contributed by atoms with Crippen molar-refractivity contribution in [1.29, 1.82) is 0 Å². The first-order valence-corrected chi connectivity index (χ1v) is 5.85. The Hall–Kier alpha value is -1.65. The van der Waals surface area contributed by atoms with Crippen LogP contribution in [0.3, 0.4) is 0 Å². The minimum Gasteiger partial charge on any atom is -0.481 e. The molecule has 1 rings (SSSR count). The van der Waals surface area contributed by atoms with E-state index in [1.807, 2.05) is 6.07 Å². The van der Waals surface area contributed by atoms with Gasteiger partial charge in [-0.2, -0.15) is 0 Å². The Morgan fingerprint density at radius 3 is 2.44 bits per heavy atom. The second-order valence-corrected chi connectivity index (χ2v) is 3.93. The zero-order valence-electron chi connectivity index (χ0n) is 10.1. The number of aliphatic carboxylic acids is 1. The molecule has 18 heavy (non-hydrogen) atoms. The van der Waals surface area contributed by atoms with Gasteiger partial charge in [-0.1, -0.05) is 12.1 Å². The maximum atomic E-state index is 12.4. The van der Waals surface area contributed by atoms with Gasteiger partial charge in [0, 0.05) is 25.2 Å². The normalized spacial score (nSPS) is 10.3. The van der Waals surface area contributed by atoms with E-state index in [-0.39, 0.29) is 19.5 Å². The number of carbonyl (C=O) groups is 1. The molecule has 1 aromatic rings. The van der Waals surface area contributed by atoms with Crippen LogP contribution >= 0.6 is 0 Å². The number of benzene rings is 1. The summed E-state index contributed by atoms with van der Waals surface area (Å²) in [5.74, 6) is -0.857. The maximum Gasteiger partial charge on any atom is 0.303 e. The molecule has 0 aliphatic carbocycles. The predicted octanol–water partition coefficient (Wildman–Crippen LogP) is 2.45. The van der Waals surface area contributed by atoms with Crippen LogP contribution < -0.4 is 4.90 Å². The van der Waals surface area contributed by atoms with Crippen LogP contribution in [0.25, 0.3) is 0 Å². The highest BCUT2D eigenvalue weighted by Crippen LogP contribution is 2.17. The van der Waals surface area contributed by atoms with Crippen molar-refractivity contribution in [1.82, 2.24) is 0 Å². The van der Waals surface area contributed by atoms with E-state index in [9.17, 15) is 13.6 Å². The Morgan fingerprint density at radius 1 is 1.22 bits per heavy atom. The van der Waals surface area contributed by atoms with Crippen molar-refractivity contribution >= 4 is 11.7 Å². The summed E-state index contributed by atoms with van der Waals surface area (Å²) in [6, 6.07) is 7.15. The molecule has 0 amide bonds. The zero-order chi connectivity index (χ0) is 13.4. The molecule has 0 radical (unpaired) electrons. The number of hydrogen-bond donors (Lipinski definition) is 1. The second kappa shape index (κ2) is 7.63. The van der Waals surface area contributed by atoms with Gasteiger partial charge in [0.25, 0.3) is 0 Å². The lowest BCUT2D eigenvalue weighted by Crippen LogP contribution is -2.27. The molecule has 0 fully saturated rings. The van der Waals surface area contributed by atoms with Gasteiger partial charge in [0.15, 0.2) is 0 Å². The first-order valence-electron chi connectivity index (χ1n) is 5.85. The zero-order valence-corrected chi connectivity index (χ0v) is 10.1. The van der Waals surface area contributed by atoms with Crippen molar-refractivity contribution in [3.8, 4) is 0 Å². The molecule has 0 bridgehead atoms. The molecule has 0 atom stereocenters. The van der Waals surface area contributed by atoms with Crippen LogP contribution in [0.15, 0.2) is 24.3 Å². The Bertz CT molecular complexity index is 379. The number of aryl methyl sites for hydroxylation is 1. The van der Waals surface area contributed by atoms with Gasteiger partial charge >= 0.3 is 5.97 Å². The number of rotatable bonds is 8. The molecule has 0 aliphatic heterocycles. The van der Waals surface area contributed by atoms with Gasteiger partial charge in [-0.15, -0.1) is 0 Å². The lowest BCUT2D eigenvalue weighted by atomic mass is 10.1. The fraction of sp³-hybridized carbons (Fsp3) is 0.462. The largest absolute Gasteiger partial charge is 0.481 e. The fourth-order valence-corrected chi connectivity index (χ4v) is 1.73. The highest BCUT2D eigenvalue weighted by atomic mass is 19.1. The molecule has 5 heteroatoms. The minimum absolute atomic E-state index is 0.0513. The topological polar surface area (TPSA) is 40.5 Å². The Kier molecular flexibility index (Phi) is 6.11. The van der Waals surface area contributed by atoms with Crippen LogP contribution in [0.5, 0.6) is 0 Å². The standard InChI is InChI=1S/C13H17F2NO2/c14-6-8-16(9-7-15)12-3-1-2-11(10-12)4-5-13(17)18/h1-3,10H,4-9H2,(H,17,18). The summed E-state index contributed by atoms with van der Waals surface area (Å²) in [5.41, 5.74) is 1.59. The summed E-state index contributed by atoms with van der Waals surface area (Å²) in [6.07, 6.45) is 0.470. The van der Waals surface area contributed by atoms with E-state index in [1.165, 1.54) is 0 Å². The van der Waals surface area contributed by atoms with E-state index in [0.29, 0.717) is 6.42 Å². The average molecular weight is 257 g/mol. The van der Waals surface area contributed by atoms with Crippen molar-refractivity contribution in [3.05, 3.63) is 29.8 Å². The molecule has 0 saturated carbocycles. The second-order valence-electron chi connectivity index (χ2n) is 3.93. The summed E-state index contributed by atoms with van der Waals surface area (Å²) in [4.78, 5) is 12.1. The van der Waals surface area contributed by atoms with Crippen LogP contribution in [0.4, 0.5) is 14.5 Å². The van der Waals surface area contributed by atoms with E-state index >= 15 is 0 Å². The van der Waals surface area contributed by atoms with Gasteiger partial charge < -0.3 is 10.0 Å². The summed E-state index contributed by atoms with van der Waals surface area (Å²) >= 11 is 0. The number of anilines is 1. The number of carboxylic acids is 1. The molecule has 0 aliphatic rings. The lowest BCUT2D eigenvalue weighted by molar-refractivity contribution is -0.136. The Labute approximate surface area is 105 Å². The highest BCUT2D eigenvalue weighted by molar-refractivity contribution is 5.67. The SMILES string of the molecule is O=C(O)CCc1cccc(N(CCF)CCF)c1. The number of halogens is 2. The van der Waals surface area contributed by atoms with Gasteiger partial charge in [-0.3, -0.25) is 4.79 Å². The molecule has 0 unspecified atom stereocenters. The third kappa shape index (κ3) is 4.69. The molecule has 1 N–H and O–H groups in total. The van der Waals surface area contributed by atoms with Gasteiger partial charge in [0.05, 0.1) is 0 Å². The minimum atomic E-state index is -0.857. The number of nitrogens with zero attached hydrogens (tertiary/aromatic N) is 1. The van der Waals surface area contributed by atoms with Crippen LogP contribution in [-0.4, -0.2) is 37.5 Å². The monoisotopic (exact) mass is 257 g/mol. The molecule has 100 valence electrons. The number of hydrogen-bond acceptors (Lipinski definition) is 2. The van der Waals surface area contributed by atoms with Crippen molar-refractivity contribution < 1.29 is 18.7 Å². The summed E-state index contributed by atoms with van der Waals surface area (Å²) < 4.78 is 24.7. The molecule has 0 heterocycles.